The lowest BCUT2D eigenvalue weighted by atomic mass is 9.90. The highest BCUT2D eigenvalue weighted by atomic mass is 16.5. The molecule has 0 heterocycles. The Hall–Kier alpha value is -1.84. The molecule has 0 aliphatic heterocycles. The van der Waals surface area contributed by atoms with Gasteiger partial charge in [-0.15, -0.1) is 0 Å². The topological polar surface area (TPSA) is 55.4 Å². The van der Waals surface area contributed by atoms with E-state index in [2.05, 4.69) is 22.2 Å². The number of esters is 1. The molecule has 0 atom stereocenters. The molecule has 0 fully saturated rings. The van der Waals surface area contributed by atoms with Crippen LogP contribution in [0.2, 0.25) is 0 Å². The van der Waals surface area contributed by atoms with Gasteiger partial charge in [0, 0.05) is 0 Å². The smallest absolute Gasteiger partial charge is 0.325 e. The van der Waals surface area contributed by atoms with Gasteiger partial charge >= 0.3 is 5.97 Å². The number of hydrogen-bond donors (Lipinski definition) is 1. The number of methoxy groups -OCH3 is 1. The van der Waals surface area contributed by atoms with E-state index in [0.717, 1.165) is 18.4 Å². The predicted octanol–water partition coefficient (Wildman–Crippen LogP) is 1.40. The highest BCUT2D eigenvalue weighted by Gasteiger charge is 2.11. The zero-order valence-electron chi connectivity index (χ0n) is 11.2. The van der Waals surface area contributed by atoms with Crippen molar-refractivity contribution in [1.82, 2.24) is 5.32 Å². The van der Waals surface area contributed by atoms with Crippen molar-refractivity contribution in [1.29, 1.82) is 0 Å². The summed E-state index contributed by atoms with van der Waals surface area (Å²) in [5.74, 6) is -0.583. The number of nitrogens with one attached hydrogen (secondary N) is 1. The van der Waals surface area contributed by atoms with Crippen LogP contribution in [0.5, 0.6) is 0 Å². The summed E-state index contributed by atoms with van der Waals surface area (Å²) in [7, 11) is 1.30. The van der Waals surface area contributed by atoms with Crippen LogP contribution in [0.15, 0.2) is 18.2 Å². The lowest BCUT2D eigenvalue weighted by molar-refractivity contribution is -0.141. The molecule has 0 bridgehead atoms. The van der Waals surface area contributed by atoms with E-state index in [1.54, 1.807) is 0 Å². The standard InChI is InChI=1S/C15H19NO3/c1-19-15(18)10-16-14(17)9-11-6-7-12-4-2-3-5-13(12)8-11/h6-8H,2-5,9-10H2,1H3,(H,16,17). The largest absolute Gasteiger partial charge is 0.468 e. The third-order valence-corrected chi connectivity index (χ3v) is 3.44. The number of carbonyl (C=O) groups is 2. The second-order valence-corrected chi connectivity index (χ2v) is 4.84. The highest BCUT2D eigenvalue weighted by molar-refractivity contribution is 5.83. The van der Waals surface area contributed by atoms with Gasteiger partial charge < -0.3 is 10.1 Å². The van der Waals surface area contributed by atoms with Crippen LogP contribution < -0.4 is 5.32 Å². The number of ether oxygens (including phenoxy) is 1. The SMILES string of the molecule is COC(=O)CNC(=O)Cc1ccc2c(c1)CCCC2. The number of hydrogen-bond acceptors (Lipinski definition) is 3. The van der Waals surface area contributed by atoms with Crippen LogP contribution in [0.25, 0.3) is 0 Å². The van der Waals surface area contributed by atoms with Crippen LogP contribution in [0.3, 0.4) is 0 Å². The van der Waals surface area contributed by atoms with E-state index >= 15 is 0 Å². The zero-order valence-corrected chi connectivity index (χ0v) is 11.2. The van der Waals surface area contributed by atoms with Crippen LogP contribution >= 0.6 is 0 Å². The fourth-order valence-corrected chi connectivity index (χ4v) is 2.39. The molecule has 1 N–H and O–H groups in total. The Bertz CT molecular complexity index is 482. The lowest BCUT2D eigenvalue weighted by Crippen LogP contribution is -2.31. The van der Waals surface area contributed by atoms with Crippen molar-refractivity contribution in [2.45, 2.75) is 32.1 Å². The first-order chi connectivity index (χ1) is 9.19. The van der Waals surface area contributed by atoms with E-state index in [0.29, 0.717) is 6.42 Å². The number of amides is 1. The van der Waals surface area contributed by atoms with Crippen molar-refractivity contribution in [2.75, 3.05) is 13.7 Å². The summed E-state index contributed by atoms with van der Waals surface area (Å²) < 4.78 is 4.47. The van der Waals surface area contributed by atoms with Crippen LogP contribution in [-0.4, -0.2) is 25.5 Å². The normalized spacial score (nSPS) is 13.5. The molecule has 0 aromatic heterocycles. The molecule has 102 valence electrons. The van der Waals surface area contributed by atoms with Gasteiger partial charge in [-0.25, -0.2) is 0 Å². The monoisotopic (exact) mass is 261 g/mol. The van der Waals surface area contributed by atoms with Gasteiger partial charge in [-0.2, -0.15) is 0 Å². The Morgan fingerprint density at radius 3 is 2.68 bits per heavy atom. The first kappa shape index (κ1) is 13.6. The van der Waals surface area contributed by atoms with Crippen LogP contribution in [0.1, 0.15) is 29.5 Å². The molecule has 4 heteroatoms. The molecule has 0 saturated carbocycles. The molecule has 2 rings (SSSR count). The zero-order chi connectivity index (χ0) is 13.7. The third-order valence-electron chi connectivity index (χ3n) is 3.44. The number of aryl methyl sites for hydroxylation is 2. The van der Waals surface area contributed by atoms with Gasteiger partial charge in [0.05, 0.1) is 13.5 Å². The molecule has 1 aliphatic carbocycles. The maximum atomic E-state index is 11.7. The average Bonchev–Trinajstić information content (AvgIpc) is 2.44. The van der Waals surface area contributed by atoms with Gasteiger partial charge in [0.15, 0.2) is 0 Å². The van der Waals surface area contributed by atoms with Crippen molar-refractivity contribution < 1.29 is 14.3 Å². The molecule has 4 nitrogen and oxygen atoms in total. The second-order valence-electron chi connectivity index (χ2n) is 4.84. The molecule has 0 spiro atoms. The van der Waals surface area contributed by atoms with Gasteiger partial charge in [-0.3, -0.25) is 9.59 Å². The second kappa shape index (κ2) is 6.36. The molecule has 1 amide bonds. The summed E-state index contributed by atoms with van der Waals surface area (Å²) >= 11 is 0. The van der Waals surface area contributed by atoms with E-state index in [1.807, 2.05) is 6.07 Å². The van der Waals surface area contributed by atoms with Gasteiger partial charge in [0.1, 0.15) is 6.54 Å². The highest BCUT2D eigenvalue weighted by Crippen LogP contribution is 2.22. The molecule has 1 aromatic carbocycles. The molecular weight excluding hydrogens is 242 g/mol. The molecule has 19 heavy (non-hydrogen) atoms. The fourth-order valence-electron chi connectivity index (χ4n) is 2.39. The molecule has 1 aliphatic rings. The van der Waals surface area contributed by atoms with Crippen molar-refractivity contribution in [3.05, 3.63) is 34.9 Å². The number of rotatable bonds is 4. The first-order valence-corrected chi connectivity index (χ1v) is 6.63. The van der Waals surface area contributed by atoms with Gasteiger partial charge in [-0.05, 0) is 42.4 Å². The summed E-state index contributed by atoms with van der Waals surface area (Å²) in [4.78, 5) is 22.6. The number of carbonyl (C=O) groups excluding carboxylic acids is 2. The Morgan fingerprint density at radius 2 is 1.95 bits per heavy atom. The molecule has 0 unspecified atom stereocenters. The minimum atomic E-state index is -0.432. The number of benzene rings is 1. The lowest BCUT2D eigenvalue weighted by Gasteiger charge is -2.16. The van der Waals surface area contributed by atoms with Crippen molar-refractivity contribution >= 4 is 11.9 Å². The fraction of sp³-hybridized carbons (Fsp3) is 0.467. The Morgan fingerprint density at radius 1 is 1.21 bits per heavy atom. The molecule has 1 aromatic rings. The van der Waals surface area contributed by atoms with Gasteiger partial charge in [0.25, 0.3) is 0 Å². The van der Waals surface area contributed by atoms with Crippen LogP contribution in [0.4, 0.5) is 0 Å². The van der Waals surface area contributed by atoms with E-state index in [4.69, 9.17) is 0 Å². The maximum Gasteiger partial charge on any atom is 0.325 e. The van der Waals surface area contributed by atoms with E-state index in [9.17, 15) is 9.59 Å². The minimum Gasteiger partial charge on any atom is -0.468 e. The van der Waals surface area contributed by atoms with Crippen LogP contribution in [-0.2, 0) is 33.6 Å². The summed E-state index contributed by atoms with van der Waals surface area (Å²) in [6.45, 7) is -0.0692. The Balaban J connectivity index is 1.92. The van der Waals surface area contributed by atoms with E-state index in [-0.39, 0.29) is 12.5 Å². The van der Waals surface area contributed by atoms with E-state index < -0.39 is 5.97 Å². The molecular formula is C15H19NO3. The Labute approximate surface area is 113 Å². The maximum absolute atomic E-state index is 11.7. The average molecular weight is 261 g/mol. The summed E-state index contributed by atoms with van der Waals surface area (Å²) in [5.41, 5.74) is 3.78. The van der Waals surface area contributed by atoms with Crippen molar-refractivity contribution in [3.8, 4) is 0 Å². The third kappa shape index (κ3) is 3.81. The summed E-state index contributed by atoms with van der Waals surface area (Å²) in [6.07, 6.45) is 5.04. The summed E-state index contributed by atoms with van der Waals surface area (Å²) in [6, 6.07) is 6.24. The predicted molar refractivity (Wildman–Crippen MR) is 71.8 cm³/mol. The number of fused-ring (bicyclic) bond motifs is 1. The van der Waals surface area contributed by atoms with Crippen LogP contribution in [0, 0.1) is 0 Å². The van der Waals surface area contributed by atoms with Crippen molar-refractivity contribution in [3.63, 3.8) is 0 Å². The summed E-state index contributed by atoms with van der Waals surface area (Å²) in [5, 5.41) is 2.55. The van der Waals surface area contributed by atoms with Gasteiger partial charge in [0.2, 0.25) is 5.91 Å². The Kier molecular flexibility index (Phi) is 4.55. The quantitative estimate of drug-likeness (QED) is 0.833. The molecule has 0 saturated heterocycles. The molecule has 0 radical (unpaired) electrons. The first-order valence-electron chi connectivity index (χ1n) is 6.63. The van der Waals surface area contributed by atoms with Crippen molar-refractivity contribution in [2.24, 2.45) is 0 Å². The van der Waals surface area contributed by atoms with E-state index in [1.165, 1.54) is 31.1 Å². The minimum absolute atomic E-state index is 0.0692. The van der Waals surface area contributed by atoms with Gasteiger partial charge in [-0.1, -0.05) is 18.2 Å².